The third-order valence-corrected chi connectivity index (χ3v) is 3.33. The molecule has 22 heavy (non-hydrogen) atoms. The molecule has 0 aliphatic rings. The molecule has 0 saturated heterocycles. The van der Waals surface area contributed by atoms with Gasteiger partial charge in [-0.25, -0.2) is 0 Å². The van der Waals surface area contributed by atoms with Gasteiger partial charge in [-0.05, 0) is 49.9 Å². The lowest BCUT2D eigenvalue weighted by atomic mass is 10.1. The number of hydrogen-bond donors (Lipinski definition) is 2. The number of aromatic amines is 1. The Morgan fingerprint density at radius 1 is 1.32 bits per heavy atom. The molecule has 0 radical (unpaired) electrons. The average Bonchev–Trinajstić information content (AvgIpc) is 2.45. The summed E-state index contributed by atoms with van der Waals surface area (Å²) in [6.45, 7) is 6.72. The van der Waals surface area contributed by atoms with E-state index in [2.05, 4.69) is 10.3 Å². The Kier molecular flexibility index (Phi) is 5.33. The maximum Gasteiger partial charge on any atom is 0.251 e. The minimum absolute atomic E-state index is 0.0344. The van der Waals surface area contributed by atoms with Crippen molar-refractivity contribution < 1.29 is 9.53 Å². The van der Waals surface area contributed by atoms with Crippen molar-refractivity contribution in [1.29, 1.82) is 0 Å². The third-order valence-electron chi connectivity index (χ3n) is 3.33. The van der Waals surface area contributed by atoms with Crippen LogP contribution < -0.4 is 10.9 Å². The zero-order valence-corrected chi connectivity index (χ0v) is 13.2. The maximum absolute atomic E-state index is 11.9. The number of aryl methyl sites for hydroxylation is 1. The lowest BCUT2D eigenvalue weighted by molar-refractivity contribution is -0.120. The molecule has 2 aromatic rings. The first-order valence-electron chi connectivity index (χ1n) is 7.46. The lowest BCUT2D eigenvalue weighted by Crippen LogP contribution is -2.29. The largest absolute Gasteiger partial charge is 0.377 e. The molecule has 0 atom stereocenters. The van der Waals surface area contributed by atoms with Gasteiger partial charge < -0.3 is 15.0 Å². The molecule has 0 bridgehead atoms. The van der Waals surface area contributed by atoms with Crippen LogP contribution in [0.25, 0.3) is 10.9 Å². The molecule has 1 aromatic heterocycles. The van der Waals surface area contributed by atoms with E-state index in [1.807, 2.05) is 38.1 Å². The van der Waals surface area contributed by atoms with Crippen LogP contribution in [0, 0.1) is 6.92 Å². The molecule has 118 valence electrons. The Morgan fingerprint density at radius 3 is 2.82 bits per heavy atom. The van der Waals surface area contributed by atoms with Crippen LogP contribution in [0.3, 0.4) is 0 Å². The second-order valence-electron chi connectivity index (χ2n) is 5.65. The number of ether oxygens (including phenoxy) is 1. The Hall–Kier alpha value is -2.14. The number of H-pyrrole nitrogens is 1. The van der Waals surface area contributed by atoms with Crippen molar-refractivity contribution >= 4 is 16.8 Å². The highest BCUT2D eigenvalue weighted by atomic mass is 16.5. The Bertz CT molecular complexity index is 719. The maximum atomic E-state index is 11.9. The van der Waals surface area contributed by atoms with Crippen molar-refractivity contribution in [3.8, 4) is 0 Å². The van der Waals surface area contributed by atoms with Crippen LogP contribution in [-0.2, 0) is 16.0 Å². The van der Waals surface area contributed by atoms with E-state index in [1.54, 1.807) is 6.92 Å². The summed E-state index contributed by atoms with van der Waals surface area (Å²) in [6.07, 6.45) is 0.485. The Labute approximate surface area is 129 Å². The molecule has 1 aromatic carbocycles. The van der Waals surface area contributed by atoms with Crippen LogP contribution in [0.1, 0.15) is 25.0 Å². The van der Waals surface area contributed by atoms with Crippen molar-refractivity contribution in [1.82, 2.24) is 10.3 Å². The van der Waals surface area contributed by atoms with Gasteiger partial charge in [0, 0.05) is 17.6 Å². The second-order valence-corrected chi connectivity index (χ2v) is 5.65. The summed E-state index contributed by atoms with van der Waals surface area (Å²) in [5.41, 5.74) is 2.29. The topological polar surface area (TPSA) is 71.2 Å². The van der Waals surface area contributed by atoms with Gasteiger partial charge in [-0.15, -0.1) is 0 Å². The summed E-state index contributed by atoms with van der Waals surface area (Å²) < 4.78 is 5.38. The number of hydrogen-bond acceptors (Lipinski definition) is 3. The fraction of sp³-hybridized carbons (Fsp3) is 0.412. The van der Waals surface area contributed by atoms with Gasteiger partial charge in [0.05, 0.1) is 19.1 Å². The summed E-state index contributed by atoms with van der Waals surface area (Å²) in [5.74, 6) is -0.0344. The Morgan fingerprint density at radius 2 is 2.09 bits per heavy atom. The molecule has 2 rings (SSSR count). The number of pyridine rings is 1. The highest BCUT2D eigenvalue weighted by molar-refractivity contribution is 5.83. The Balaban J connectivity index is 1.98. The van der Waals surface area contributed by atoms with Gasteiger partial charge in [-0.2, -0.15) is 0 Å². The highest BCUT2D eigenvalue weighted by Crippen LogP contribution is 2.14. The smallest absolute Gasteiger partial charge is 0.251 e. The summed E-state index contributed by atoms with van der Waals surface area (Å²) in [7, 11) is 0. The lowest BCUT2D eigenvalue weighted by Gasteiger charge is -2.09. The molecular weight excluding hydrogens is 280 g/mol. The number of fused-ring (bicyclic) bond motifs is 1. The first kappa shape index (κ1) is 16.2. The van der Waals surface area contributed by atoms with Crippen molar-refractivity contribution in [2.24, 2.45) is 0 Å². The number of amides is 1. The predicted molar refractivity (Wildman–Crippen MR) is 87.1 cm³/mol. The molecule has 0 aliphatic carbocycles. The fourth-order valence-electron chi connectivity index (χ4n) is 2.21. The fourth-order valence-corrected chi connectivity index (χ4v) is 2.21. The highest BCUT2D eigenvalue weighted by Gasteiger charge is 2.05. The van der Waals surface area contributed by atoms with Gasteiger partial charge >= 0.3 is 0 Å². The van der Waals surface area contributed by atoms with Gasteiger partial charge in [0.1, 0.15) is 0 Å². The van der Waals surface area contributed by atoms with Crippen LogP contribution in [0.4, 0.5) is 0 Å². The number of aromatic nitrogens is 1. The van der Waals surface area contributed by atoms with E-state index in [1.165, 1.54) is 0 Å². The van der Waals surface area contributed by atoms with Crippen LogP contribution in [-0.4, -0.2) is 30.1 Å². The van der Waals surface area contributed by atoms with E-state index in [4.69, 9.17) is 4.74 Å². The van der Waals surface area contributed by atoms with Crippen molar-refractivity contribution in [2.45, 2.75) is 33.3 Å². The van der Waals surface area contributed by atoms with E-state index in [0.29, 0.717) is 25.1 Å². The molecule has 0 fully saturated rings. The monoisotopic (exact) mass is 302 g/mol. The van der Waals surface area contributed by atoms with E-state index >= 15 is 0 Å². The quantitative estimate of drug-likeness (QED) is 0.801. The molecule has 1 amide bonds. The van der Waals surface area contributed by atoms with Gasteiger partial charge in [-0.3, -0.25) is 9.59 Å². The number of rotatable bonds is 6. The number of carbonyl (C=O) groups is 1. The second kappa shape index (κ2) is 7.22. The van der Waals surface area contributed by atoms with Crippen LogP contribution in [0.5, 0.6) is 0 Å². The van der Waals surface area contributed by atoms with Crippen molar-refractivity contribution in [2.75, 3.05) is 13.2 Å². The van der Waals surface area contributed by atoms with Crippen LogP contribution in [0.15, 0.2) is 29.1 Å². The summed E-state index contributed by atoms with van der Waals surface area (Å²) >= 11 is 0. The molecule has 5 heteroatoms. The molecule has 5 nitrogen and oxygen atoms in total. The SMILES string of the molecule is Cc1cc2cc(CC(=O)NCCOC(C)C)ccc2[nH]c1=O. The summed E-state index contributed by atoms with van der Waals surface area (Å²) in [5, 5.41) is 3.77. The van der Waals surface area contributed by atoms with E-state index in [0.717, 1.165) is 16.5 Å². The van der Waals surface area contributed by atoms with Crippen molar-refractivity contribution in [3.05, 3.63) is 45.7 Å². The average molecular weight is 302 g/mol. The molecule has 2 N–H and O–H groups in total. The summed E-state index contributed by atoms with van der Waals surface area (Å²) in [6, 6.07) is 7.47. The number of nitrogens with one attached hydrogen (secondary N) is 2. The summed E-state index contributed by atoms with van der Waals surface area (Å²) in [4.78, 5) is 26.3. The molecule has 0 spiro atoms. The number of carbonyl (C=O) groups excluding carboxylic acids is 1. The predicted octanol–water partition coefficient (Wildman–Crippen LogP) is 1.92. The van der Waals surface area contributed by atoms with E-state index in [9.17, 15) is 9.59 Å². The van der Waals surface area contributed by atoms with Gasteiger partial charge in [0.25, 0.3) is 5.56 Å². The van der Waals surface area contributed by atoms with Crippen LogP contribution in [0.2, 0.25) is 0 Å². The molecule has 0 aliphatic heterocycles. The zero-order valence-electron chi connectivity index (χ0n) is 13.2. The first-order chi connectivity index (χ1) is 10.5. The van der Waals surface area contributed by atoms with Gasteiger partial charge in [0.2, 0.25) is 5.91 Å². The molecule has 1 heterocycles. The van der Waals surface area contributed by atoms with E-state index < -0.39 is 0 Å². The minimum Gasteiger partial charge on any atom is -0.377 e. The van der Waals surface area contributed by atoms with Gasteiger partial charge in [0.15, 0.2) is 0 Å². The first-order valence-corrected chi connectivity index (χ1v) is 7.46. The zero-order chi connectivity index (χ0) is 16.1. The standard InChI is InChI=1S/C17H22N2O3/c1-11(2)22-7-6-18-16(20)10-13-4-5-15-14(9-13)8-12(3)17(21)19-15/h4-5,8-9,11H,6-7,10H2,1-3H3,(H,18,20)(H,19,21). The minimum atomic E-state index is -0.0804. The third kappa shape index (κ3) is 4.43. The number of benzene rings is 1. The molecular formula is C17H22N2O3. The normalized spacial score (nSPS) is 11.1. The van der Waals surface area contributed by atoms with E-state index in [-0.39, 0.29) is 17.6 Å². The van der Waals surface area contributed by atoms with Gasteiger partial charge in [-0.1, -0.05) is 6.07 Å². The molecule has 0 unspecified atom stereocenters. The molecule has 0 saturated carbocycles. The van der Waals surface area contributed by atoms with Crippen molar-refractivity contribution in [3.63, 3.8) is 0 Å². The van der Waals surface area contributed by atoms with Crippen LogP contribution >= 0.6 is 0 Å².